The summed E-state index contributed by atoms with van der Waals surface area (Å²) in [6.45, 7) is 0.377. The quantitative estimate of drug-likeness (QED) is 0.702. The van der Waals surface area contributed by atoms with Crippen molar-refractivity contribution >= 4 is 39.4 Å². The van der Waals surface area contributed by atoms with Crippen LogP contribution in [0.1, 0.15) is 20.9 Å². The minimum Gasteiger partial charge on any atom is -0.366 e. The molecule has 2 amide bonds. The number of nitrogens with zero attached hydrogens (tertiary/aromatic N) is 1. The van der Waals surface area contributed by atoms with Gasteiger partial charge in [-0.25, -0.2) is 4.98 Å². The molecule has 6 heteroatoms. The maximum atomic E-state index is 11.9. The smallest absolute Gasteiger partial charge is 0.248 e. The number of para-hydroxylation sites is 1. The summed E-state index contributed by atoms with van der Waals surface area (Å²) in [7, 11) is 0. The first kappa shape index (κ1) is 15.9. The van der Waals surface area contributed by atoms with E-state index in [4.69, 9.17) is 5.73 Å². The van der Waals surface area contributed by atoms with Crippen LogP contribution in [0.3, 0.4) is 0 Å². The van der Waals surface area contributed by atoms with Crippen molar-refractivity contribution in [3.8, 4) is 0 Å². The number of nitrogens with two attached hydrogens (primary N) is 1. The number of primary amides is 1. The number of hydrogen-bond acceptors (Lipinski definition) is 4. The third kappa shape index (κ3) is 3.85. The third-order valence-corrected chi connectivity index (χ3v) is 4.39. The summed E-state index contributed by atoms with van der Waals surface area (Å²) < 4.78 is 1.09. The third-order valence-electron chi connectivity index (χ3n) is 3.39. The average Bonchev–Trinajstić information content (AvgIpc) is 3.01. The molecule has 0 unspecified atom stereocenters. The molecule has 0 saturated heterocycles. The summed E-state index contributed by atoms with van der Waals surface area (Å²) in [6, 6.07) is 14.6. The number of thiazole rings is 1. The number of amides is 2. The van der Waals surface area contributed by atoms with Gasteiger partial charge in [0.2, 0.25) is 11.8 Å². The standard InChI is InChI=1S/C18H15N3O2S/c19-18(23)13-7-5-12(6-8-13)11-20-16(22)9-10-17-21-14-3-1-2-4-15(14)24-17/h1-10H,11H2,(H2,19,23)(H,20,22)/b10-9+. The first-order chi connectivity index (χ1) is 11.6. The lowest BCUT2D eigenvalue weighted by molar-refractivity contribution is -0.116. The zero-order chi connectivity index (χ0) is 16.9. The van der Waals surface area contributed by atoms with E-state index in [-0.39, 0.29) is 5.91 Å². The molecule has 120 valence electrons. The highest BCUT2D eigenvalue weighted by atomic mass is 32.1. The fraction of sp³-hybridized carbons (Fsp3) is 0.0556. The van der Waals surface area contributed by atoms with Crippen molar-refractivity contribution in [3.63, 3.8) is 0 Å². The predicted octanol–water partition coefficient (Wildman–Crippen LogP) is 2.72. The Morgan fingerprint density at radius 1 is 1.12 bits per heavy atom. The van der Waals surface area contributed by atoms with Gasteiger partial charge in [-0.2, -0.15) is 0 Å². The van der Waals surface area contributed by atoms with Crippen molar-refractivity contribution in [2.75, 3.05) is 0 Å². The highest BCUT2D eigenvalue weighted by Gasteiger charge is 2.02. The highest BCUT2D eigenvalue weighted by Crippen LogP contribution is 2.22. The molecule has 0 saturated carbocycles. The SMILES string of the molecule is NC(=O)c1ccc(CNC(=O)/C=C/c2nc3ccccc3s2)cc1. The first-order valence-corrected chi connectivity index (χ1v) is 8.14. The van der Waals surface area contributed by atoms with Gasteiger partial charge in [-0.15, -0.1) is 11.3 Å². The molecule has 3 aromatic rings. The molecule has 0 atom stereocenters. The van der Waals surface area contributed by atoms with Gasteiger partial charge in [-0.3, -0.25) is 9.59 Å². The summed E-state index contributed by atoms with van der Waals surface area (Å²) in [5.74, 6) is -0.669. The molecule has 0 bridgehead atoms. The molecule has 0 aliphatic rings. The minimum atomic E-state index is -0.468. The summed E-state index contributed by atoms with van der Waals surface area (Å²) in [5.41, 5.74) is 7.45. The molecule has 1 aromatic heterocycles. The van der Waals surface area contributed by atoms with Gasteiger partial charge in [0.25, 0.3) is 0 Å². The van der Waals surface area contributed by atoms with Gasteiger partial charge in [0.1, 0.15) is 5.01 Å². The van der Waals surface area contributed by atoms with E-state index in [1.807, 2.05) is 24.3 Å². The molecule has 0 aliphatic heterocycles. The van der Waals surface area contributed by atoms with Crippen LogP contribution in [0.2, 0.25) is 0 Å². The summed E-state index contributed by atoms with van der Waals surface area (Å²) in [5, 5.41) is 3.58. The molecule has 0 aliphatic carbocycles. The van der Waals surface area contributed by atoms with Crippen LogP contribution in [0.15, 0.2) is 54.6 Å². The van der Waals surface area contributed by atoms with E-state index < -0.39 is 5.91 Å². The van der Waals surface area contributed by atoms with Gasteiger partial charge < -0.3 is 11.1 Å². The molecule has 1 heterocycles. The van der Waals surface area contributed by atoms with Crippen LogP contribution in [-0.2, 0) is 11.3 Å². The van der Waals surface area contributed by atoms with Crippen LogP contribution >= 0.6 is 11.3 Å². The van der Waals surface area contributed by atoms with Crippen LogP contribution in [-0.4, -0.2) is 16.8 Å². The Morgan fingerprint density at radius 2 is 1.88 bits per heavy atom. The van der Waals surface area contributed by atoms with Gasteiger partial charge in [0, 0.05) is 18.2 Å². The fourth-order valence-corrected chi connectivity index (χ4v) is 3.01. The molecular weight excluding hydrogens is 322 g/mol. The first-order valence-electron chi connectivity index (χ1n) is 7.32. The van der Waals surface area contributed by atoms with Crippen molar-refractivity contribution in [1.29, 1.82) is 0 Å². The Balaban J connectivity index is 1.57. The van der Waals surface area contributed by atoms with E-state index >= 15 is 0 Å². The molecule has 0 spiro atoms. The number of carbonyl (C=O) groups is 2. The van der Waals surface area contributed by atoms with Crippen LogP contribution in [0.4, 0.5) is 0 Å². The average molecular weight is 337 g/mol. The number of benzene rings is 2. The Labute approximate surface area is 142 Å². The van der Waals surface area contributed by atoms with Crippen molar-refractivity contribution in [3.05, 3.63) is 70.7 Å². The predicted molar refractivity (Wildman–Crippen MR) is 95.5 cm³/mol. The molecule has 3 rings (SSSR count). The second-order valence-corrected chi connectivity index (χ2v) is 6.19. The lowest BCUT2D eigenvalue weighted by atomic mass is 10.1. The zero-order valence-corrected chi connectivity index (χ0v) is 13.5. The van der Waals surface area contributed by atoms with E-state index in [9.17, 15) is 9.59 Å². The van der Waals surface area contributed by atoms with Crippen molar-refractivity contribution < 1.29 is 9.59 Å². The Kier molecular flexibility index (Phi) is 4.67. The molecule has 5 nitrogen and oxygen atoms in total. The topological polar surface area (TPSA) is 85.1 Å². The summed E-state index contributed by atoms with van der Waals surface area (Å²) >= 11 is 1.54. The van der Waals surface area contributed by atoms with Gasteiger partial charge in [-0.05, 0) is 35.9 Å². The number of nitrogens with one attached hydrogen (secondary N) is 1. The largest absolute Gasteiger partial charge is 0.366 e. The van der Waals surface area contributed by atoms with Crippen molar-refractivity contribution in [2.24, 2.45) is 5.73 Å². The number of rotatable bonds is 5. The Bertz CT molecular complexity index is 880. The summed E-state index contributed by atoms with van der Waals surface area (Å²) in [6.07, 6.45) is 3.17. The number of aromatic nitrogens is 1. The molecule has 3 N–H and O–H groups in total. The molecule has 0 fully saturated rings. The Hall–Kier alpha value is -2.99. The van der Waals surface area contributed by atoms with Crippen LogP contribution in [0.5, 0.6) is 0 Å². The summed E-state index contributed by atoms with van der Waals surface area (Å²) in [4.78, 5) is 27.3. The van der Waals surface area contributed by atoms with Crippen LogP contribution in [0.25, 0.3) is 16.3 Å². The monoisotopic (exact) mass is 337 g/mol. The van der Waals surface area contributed by atoms with E-state index in [0.29, 0.717) is 12.1 Å². The second-order valence-electron chi connectivity index (χ2n) is 5.13. The zero-order valence-electron chi connectivity index (χ0n) is 12.7. The van der Waals surface area contributed by atoms with E-state index in [1.165, 1.54) is 17.4 Å². The van der Waals surface area contributed by atoms with Gasteiger partial charge in [0.15, 0.2) is 0 Å². The van der Waals surface area contributed by atoms with Crippen LogP contribution in [0, 0.1) is 0 Å². The fourth-order valence-electron chi connectivity index (χ4n) is 2.14. The lowest BCUT2D eigenvalue weighted by Gasteiger charge is -2.03. The maximum absolute atomic E-state index is 11.9. The molecule has 24 heavy (non-hydrogen) atoms. The highest BCUT2D eigenvalue weighted by molar-refractivity contribution is 7.19. The van der Waals surface area contributed by atoms with E-state index in [2.05, 4.69) is 10.3 Å². The van der Waals surface area contributed by atoms with Crippen molar-refractivity contribution in [1.82, 2.24) is 10.3 Å². The molecule has 0 radical (unpaired) electrons. The van der Waals surface area contributed by atoms with Gasteiger partial charge in [-0.1, -0.05) is 24.3 Å². The van der Waals surface area contributed by atoms with E-state index in [1.54, 1.807) is 30.3 Å². The van der Waals surface area contributed by atoms with Crippen molar-refractivity contribution in [2.45, 2.75) is 6.54 Å². The molecular formula is C18H15N3O2S. The molecule has 2 aromatic carbocycles. The Morgan fingerprint density at radius 3 is 2.58 bits per heavy atom. The van der Waals surface area contributed by atoms with Crippen LogP contribution < -0.4 is 11.1 Å². The number of hydrogen-bond donors (Lipinski definition) is 2. The second kappa shape index (κ2) is 7.06. The number of carbonyl (C=O) groups excluding carboxylic acids is 2. The van der Waals surface area contributed by atoms with Gasteiger partial charge >= 0.3 is 0 Å². The van der Waals surface area contributed by atoms with Gasteiger partial charge in [0.05, 0.1) is 10.2 Å². The lowest BCUT2D eigenvalue weighted by Crippen LogP contribution is -2.20. The normalized spacial score (nSPS) is 11.0. The maximum Gasteiger partial charge on any atom is 0.248 e. The van der Waals surface area contributed by atoms with E-state index in [0.717, 1.165) is 20.8 Å². The minimum absolute atomic E-state index is 0.201. The number of fused-ring (bicyclic) bond motifs is 1.